The molecule has 0 saturated heterocycles. The van der Waals surface area contributed by atoms with Gasteiger partial charge in [-0.2, -0.15) is 0 Å². The molecule has 0 saturated carbocycles. The zero-order chi connectivity index (χ0) is 29.5. The fraction of sp³-hybridized carbons (Fsp3) is 0.235. The molecule has 7 heteroatoms. The number of ether oxygens (including phenoxy) is 1. The normalized spacial score (nSPS) is 11.9. The number of aromatic nitrogens is 2. The van der Waals surface area contributed by atoms with Gasteiger partial charge in [-0.15, -0.1) is 0 Å². The summed E-state index contributed by atoms with van der Waals surface area (Å²) in [7, 11) is 1.77. The van der Waals surface area contributed by atoms with E-state index in [2.05, 4.69) is 16.4 Å². The van der Waals surface area contributed by atoms with Crippen LogP contribution in [0.5, 0.6) is 0 Å². The van der Waals surface area contributed by atoms with Gasteiger partial charge in [-0.05, 0) is 101 Å². The Morgan fingerprint density at radius 2 is 1.78 bits per heavy atom. The van der Waals surface area contributed by atoms with Gasteiger partial charge in [0.25, 0.3) is 11.8 Å². The molecule has 0 radical (unpaired) electrons. The SMILES string of the molecule is C/C=C(/C)O/C(=C\C)CCN(C)C(=O)c1ccc(NC(=O)c2cc(-c3cccnc3)nc3c(C)cc(C)cc23)cc1. The topological polar surface area (TPSA) is 84.4 Å². The number of nitrogens with zero attached hydrogens (tertiary/aromatic N) is 3. The van der Waals surface area contributed by atoms with Crippen molar-refractivity contribution >= 4 is 28.4 Å². The van der Waals surface area contributed by atoms with Crippen molar-refractivity contribution in [3.63, 3.8) is 0 Å². The number of amides is 2. The third-order valence-electron chi connectivity index (χ3n) is 6.90. The van der Waals surface area contributed by atoms with E-state index in [1.54, 1.807) is 54.7 Å². The first-order valence-electron chi connectivity index (χ1n) is 13.7. The Morgan fingerprint density at radius 3 is 2.44 bits per heavy atom. The highest BCUT2D eigenvalue weighted by molar-refractivity contribution is 6.13. The zero-order valence-corrected chi connectivity index (χ0v) is 24.5. The van der Waals surface area contributed by atoms with Crippen LogP contribution in [-0.4, -0.2) is 40.3 Å². The van der Waals surface area contributed by atoms with Gasteiger partial charge in [0.05, 0.1) is 22.5 Å². The predicted octanol–water partition coefficient (Wildman–Crippen LogP) is 7.47. The van der Waals surface area contributed by atoms with Gasteiger partial charge in [0, 0.05) is 54.6 Å². The number of allylic oxidation sites excluding steroid dienone is 3. The Labute approximate surface area is 241 Å². The molecule has 0 unspecified atom stereocenters. The van der Waals surface area contributed by atoms with Crippen LogP contribution >= 0.6 is 0 Å². The lowest BCUT2D eigenvalue weighted by molar-refractivity contribution is 0.0791. The maximum absolute atomic E-state index is 13.6. The highest BCUT2D eigenvalue weighted by Crippen LogP contribution is 2.28. The summed E-state index contributed by atoms with van der Waals surface area (Å²) < 4.78 is 5.78. The van der Waals surface area contributed by atoms with Crippen molar-refractivity contribution in [1.82, 2.24) is 14.9 Å². The monoisotopic (exact) mass is 548 g/mol. The van der Waals surface area contributed by atoms with Crippen LogP contribution in [0.4, 0.5) is 5.69 Å². The van der Waals surface area contributed by atoms with E-state index in [-0.39, 0.29) is 11.8 Å². The largest absolute Gasteiger partial charge is 0.467 e. The molecule has 0 fully saturated rings. The van der Waals surface area contributed by atoms with Crippen molar-refractivity contribution in [1.29, 1.82) is 0 Å². The molecule has 4 rings (SSSR count). The minimum atomic E-state index is -0.251. The molecule has 41 heavy (non-hydrogen) atoms. The smallest absolute Gasteiger partial charge is 0.256 e. The molecule has 0 bridgehead atoms. The fourth-order valence-corrected chi connectivity index (χ4v) is 4.55. The summed E-state index contributed by atoms with van der Waals surface area (Å²) in [5.74, 6) is 1.29. The second-order valence-electron chi connectivity index (χ2n) is 10.0. The lowest BCUT2D eigenvalue weighted by Crippen LogP contribution is -2.28. The molecule has 7 nitrogen and oxygen atoms in total. The number of fused-ring (bicyclic) bond motifs is 1. The number of nitrogens with one attached hydrogen (secondary N) is 1. The number of hydrogen-bond acceptors (Lipinski definition) is 5. The Bertz CT molecular complexity index is 1620. The van der Waals surface area contributed by atoms with Gasteiger partial charge >= 0.3 is 0 Å². The summed E-state index contributed by atoms with van der Waals surface area (Å²) in [6, 6.07) is 16.6. The third kappa shape index (κ3) is 7.06. The molecule has 0 aliphatic heterocycles. The van der Waals surface area contributed by atoms with Gasteiger partial charge in [-0.3, -0.25) is 14.6 Å². The molecular weight excluding hydrogens is 512 g/mol. The van der Waals surface area contributed by atoms with Crippen LogP contribution in [0.3, 0.4) is 0 Å². The number of hydrogen-bond donors (Lipinski definition) is 1. The van der Waals surface area contributed by atoms with Crippen molar-refractivity contribution in [2.45, 2.75) is 41.0 Å². The fourth-order valence-electron chi connectivity index (χ4n) is 4.55. The minimum Gasteiger partial charge on any atom is -0.467 e. The van der Waals surface area contributed by atoms with Crippen LogP contribution in [0.1, 0.15) is 59.0 Å². The summed E-state index contributed by atoms with van der Waals surface area (Å²) in [5, 5.41) is 3.79. The van der Waals surface area contributed by atoms with Crippen LogP contribution < -0.4 is 5.32 Å². The third-order valence-corrected chi connectivity index (χ3v) is 6.90. The van der Waals surface area contributed by atoms with Crippen molar-refractivity contribution in [2.75, 3.05) is 18.9 Å². The summed E-state index contributed by atoms with van der Waals surface area (Å²) in [6.45, 7) is 10.3. The first kappa shape index (κ1) is 29.2. The second kappa shape index (κ2) is 13.0. The Morgan fingerprint density at radius 1 is 1.02 bits per heavy atom. The molecule has 210 valence electrons. The number of benzene rings is 2. The van der Waals surface area contributed by atoms with Crippen molar-refractivity contribution in [3.05, 3.63) is 113 Å². The van der Waals surface area contributed by atoms with E-state index in [1.165, 1.54) is 0 Å². The van der Waals surface area contributed by atoms with E-state index >= 15 is 0 Å². The van der Waals surface area contributed by atoms with Crippen LogP contribution in [0.2, 0.25) is 0 Å². The number of aryl methyl sites for hydroxylation is 2. The standard InChI is InChI=1S/C34H36N4O3/c1-7-24(5)41-28(8-2)15-17-38(6)34(40)25-11-13-27(14-12-25)36-33(39)30-20-31(26-10-9-16-35-21-26)37-32-23(4)18-22(3)19-29(30)32/h7-14,16,18-21H,15,17H2,1-6H3,(H,36,39)/b24-7-,28-8-. The van der Waals surface area contributed by atoms with Crippen molar-refractivity contribution in [3.8, 4) is 11.3 Å². The Kier molecular flexibility index (Phi) is 9.30. The first-order chi connectivity index (χ1) is 19.7. The Hall–Kier alpha value is -4.78. The van der Waals surface area contributed by atoms with Gasteiger partial charge in [0.1, 0.15) is 5.76 Å². The van der Waals surface area contributed by atoms with Crippen molar-refractivity contribution in [2.24, 2.45) is 0 Å². The van der Waals surface area contributed by atoms with Gasteiger partial charge in [-0.1, -0.05) is 11.6 Å². The van der Waals surface area contributed by atoms with Crippen LogP contribution in [-0.2, 0) is 4.74 Å². The van der Waals surface area contributed by atoms with Gasteiger partial charge in [0.2, 0.25) is 0 Å². The number of carbonyl (C=O) groups is 2. The number of rotatable bonds is 9. The van der Waals surface area contributed by atoms with Gasteiger partial charge in [0.15, 0.2) is 0 Å². The average Bonchev–Trinajstić information content (AvgIpc) is 2.98. The molecule has 4 aromatic rings. The minimum absolute atomic E-state index is 0.103. The van der Waals surface area contributed by atoms with Gasteiger partial charge in [-0.25, -0.2) is 4.98 Å². The van der Waals surface area contributed by atoms with E-state index < -0.39 is 0 Å². The lowest BCUT2D eigenvalue weighted by atomic mass is 9.99. The summed E-state index contributed by atoms with van der Waals surface area (Å²) in [5.41, 5.74) is 6.00. The molecule has 0 spiro atoms. The molecule has 2 heterocycles. The first-order valence-corrected chi connectivity index (χ1v) is 13.7. The highest BCUT2D eigenvalue weighted by atomic mass is 16.5. The molecule has 1 N–H and O–H groups in total. The van der Waals surface area contributed by atoms with Crippen LogP contribution in [0.15, 0.2) is 90.7 Å². The Balaban J connectivity index is 1.52. The maximum atomic E-state index is 13.6. The molecule has 2 aromatic carbocycles. The quantitative estimate of drug-likeness (QED) is 0.219. The molecule has 2 aromatic heterocycles. The lowest BCUT2D eigenvalue weighted by Gasteiger charge is -2.19. The number of anilines is 1. The van der Waals surface area contributed by atoms with E-state index in [9.17, 15) is 9.59 Å². The van der Waals surface area contributed by atoms with Crippen molar-refractivity contribution < 1.29 is 14.3 Å². The average molecular weight is 549 g/mol. The van der Waals surface area contributed by atoms with E-state index in [0.29, 0.717) is 35.5 Å². The predicted molar refractivity (Wildman–Crippen MR) is 165 cm³/mol. The van der Waals surface area contributed by atoms with E-state index in [1.807, 2.05) is 65.0 Å². The zero-order valence-electron chi connectivity index (χ0n) is 24.5. The van der Waals surface area contributed by atoms with Crippen LogP contribution in [0.25, 0.3) is 22.2 Å². The molecule has 0 aliphatic rings. The summed E-state index contributed by atoms with van der Waals surface area (Å²) >= 11 is 0. The second-order valence-corrected chi connectivity index (χ2v) is 10.0. The molecular formula is C34H36N4O3. The maximum Gasteiger partial charge on any atom is 0.256 e. The summed E-state index contributed by atoms with van der Waals surface area (Å²) in [4.78, 5) is 37.3. The van der Waals surface area contributed by atoms with Gasteiger partial charge < -0.3 is 15.0 Å². The van der Waals surface area contributed by atoms with E-state index in [0.717, 1.165) is 39.1 Å². The van der Waals surface area contributed by atoms with Crippen LogP contribution in [0, 0.1) is 13.8 Å². The highest BCUT2D eigenvalue weighted by Gasteiger charge is 2.17. The molecule has 2 amide bonds. The number of pyridine rings is 2. The molecule has 0 atom stereocenters. The van der Waals surface area contributed by atoms with E-state index in [4.69, 9.17) is 9.72 Å². The summed E-state index contributed by atoms with van der Waals surface area (Å²) in [6.07, 6.45) is 7.87. The molecule has 0 aliphatic carbocycles. The number of carbonyl (C=O) groups excluding carboxylic acids is 2.